The zero-order valence-electron chi connectivity index (χ0n) is 8.91. The molecule has 2 N–H and O–H groups in total. The summed E-state index contributed by atoms with van der Waals surface area (Å²) in [5.41, 5.74) is 1.58. The molecule has 0 aliphatic carbocycles. The van der Waals surface area contributed by atoms with Crippen molar-refractivity contribution >= 4 is 11.8 Å². The Bertz CT molecular complexity index is 206. The van der Waals surface area contributed by atoms with E-state index in [0.29, 0.717) is 12.8 Å². The molecule has 0 aromatic carbocycles. The van der Waals surface area contributed by atoms with Crippen LogP contribution in [0.4, 0.5) is 0 Å². The minimum Gasteiger partial charge on any atom is -0.334 e. The van der Waals surface area contributed by atoms with E-state index in [1.807, 2.05) is 6.92 Å². The molecule has 0 heterocycles. The molecule has 82 valence electrons. The predicted octanol–water partition coefficient (Wildman–Crippen LogP) is 0.529. The molecule has 0 fully saturated rings. The Kier molecular flexibility index (Phi) is 5.87. The summed E-state index contributed by atoms with van der Waals surface area (Å²) < 4.78 is 0. The fraction of sp³-hybridized carbons (Fsp3) is 0.778. The molecule has 5 heteroatoms. The van der Waals surface area contributed by atoms with E-state index in [4.69, 9.17) is 5.21 Å². The first-order chi connectivity index (χ1) is 6.58. The lowest BCUT2D eigenvalue weighted by molar-refractivity contribution is -0.143. The van der Waals surface area contributed by atoms with Gasteiger partial charge in [0, 0.05) is 13.5 Å². The van der Waals surface area contributed by atoms with Crippen molar-refractivity contribution in [2.45, 2.75) is 39.2 Å². The molecule has 0 aliphatic heterocycles. The number of hydrogen-bond acceptors (Lipinski definition) is 3. The van der Waals surface area contributed by atoms with Crippen LogP contribution in [0, 0.1) is 0 Å². The van der Waals surface area contributed by atoms with Gasteiger partial charge in [0.15, 0.2) is 0 Å². The second kappa shape index (κ2) is 6.37. The van der Waals surface area contributed by atoms with Gasteiger partial charge in [-0.2, -0.15) is 0 Å². The normalized spacial score (nSPS) is 12.0. The number of nitrogens with zero attached hydrogens (tertiary/aromatic N) is 1. The van der Waals surface area contributed by atoms with Crippen molar-refractivity contribution in [2.75, 3.05) is 7.05 Å². The maximum atomic E-state index is 11.3. The van der Waals surface area contributed by atoms with Gasteiger partial charge in [-0.3, -0.25) is 14.8 Å². The summed E-state index contributed by atoms with van der Waals surface area (Å²) >= 11 is 0. The van der Waals surface area contributed by atoms with Crippen LogP contribution < -0.4 is 5.48 Å². The predicted molar refractivity (Wildman–Crippen MR) is 51.7 cm³/mol. The van der Waals surface area contributed by atoms with Crippen LogP contribution in [0.3, 0.4) is 0 Å². The van der Waals surface area contributed by atoms with Crippen LogP contribution in [-0.4, -0.2) is 35.0 Å². The standard InChI is InChI=1S/C9H18N2O3/c1-4-6-7(9(13)10-14)11(3)8(12)5-2/h7,14H,4-6H2,1-3H3,(H,10,13). The van der Waals surface area contributed by atoms with Gasteiger partial charge in [-0.15, -0.1) is 0 Å². The van der Waals surface area contributed by atoms with Gasteiger partial charge in [-0.25, -0.2) is 5.48 Å². The van der Waals surface area contributed by atoms with Gasteiger partial charge >= 0.3 is 0 Å². The number of hydrogen-bond donors (Lipinski definition) is 2. The molecule has 0 radical (unpaired) electrons. The molecule has 0 saturated carbocycles. The van der Waals surface area contributed by atoms with Crippen LogP contribution in [0.1, 0.15) is 33.1 Å². The van der Waals surface area contributed by atoms with Crippen molar-refractivity contribution in [3.8, 4) is 0 Å². The molecule has 0 aromatic rings. The third-order valence-corrected chi connectivity index (χ3v) is 2.14. The SMILES string of the molecule is CCCC(C(=O)NO)N(C)C(=O)CC. The second-order valence-electron chi connectivity index (χ2n) is 3.14. The largest absolute Gasteiger partial charge is 0.334 e. The first-order valence-electron chi connectivity index (χ1n) is 4.78. The minimum absolute atomic E-state index is 0.105. The van der Waals surface area contributed by atoms with Crippen LogP contribution >= 0.6 is 0 Å². The lowest BCUT2D eigenvalue weighted by Gasteiger charge is -2.25. The highest BCUT2D eigenvalue weighted by Crippen LogP contribution is 2.06. The average molecular weight is 202 g/mol. The van der Waals surface area contributed by atoms with Crippen molar-refractivity contribution in [3.05, 3.63) is 0 Å². The molecule has 0 bridgehead atoms. The Morgan fingerprint density at radius 1 is 1.43 bits per heavy atom. The second-order valence-corrected chi connectivity index (χ2v) is 3.14. The van der Waals surface area contributed by atoms with Crippen LogP contribution in [0.15, 0.2) is 0 Å². The molecule has 2 amide bonds. The van der Waals surface area contributed by atoms with E-state index < -0.39 is 11.9 Å². The zero-order chi connectivity index (χ0) is 11.1. The Morgan fingerprint density at radius 3 is 2.36 bits per heavy atom. The summed E-state index contributed by atoms with van der Waals surface area (Å²) in [5.74, 6) is -0.636. The Morgan fingerprint density at radius 2 is 2.00 bits per heavy atom. The van der Waals surface area contributed by atoms with E-state index in [9.17, 15) is 9.59 Å². The topological polar surface area (TPSA) is 69.6 Å². The first-order valence-corrected chi connectivity index (χ1v) is 4.78. The summed E-state index contributed by atoms with van der Waals surface area (Å²) in [4.78, 5) is 23.9. The first kappa shape index (κ1) is 12.9. The fourth-order valence-corrected chi connectivity index (χ4v) is 1.27. The van der Waals surface area contributed by atoms with Crippen LogP contribution in [-0.2, 0) is 9.59 Å². The molecule has 1 unspecified atom stereocenters. The van der Waals surface area contributed by atoms with Crippen LogP contribution in [0.25, 0.3) is 0 Å². The summed E-state index contributed by atoms with van der Waals surface area (Å²) in [7, 11) is 1.57. The highest BCUT2D eigenvalue weighted by atomic mass is 16.5. The van der Waals surface area contributed by atoms with Gasteiger partial charge in [0.1, 0.15) is 6.04 Å². The summed E-state index contributed by atoms with van der Waals surface area (Å²) in [5, 5.41) is 8.50. The van der Waals surface area contributed by atoms with Gasteiger partial charge in [0.05, 0.1) is 0 Å². The summed E-state index contributed by atoms with van der Waals surface area (Å²) in [6, 6.07) is -0.572. The number of likely N-dealkylation sites (N-methyl/N-ethyl adjacent to an activating group) is 1. The highest BCUT2D eigenvalue weighted by molar-refractivity contribution is 5.86. The van der Waals surface area contributed by atoms with E-state index in [-0.39, 0.29) is 5.91 Å². The van der Waals surface area contributed by atoms with Crippen molar-refractivity contribution in [1.29, 1.82) is 0 Å². The van der Waals surface area contributed by atoms with E-state index in [2.05, 4.69) is 0 Å². The number of amides is 2. The minimum atomic E-state index is -0.572. The molecular weight excluding hydrogens is 184 g/mol. The van der Waals surface area contributed by atoms with Gasteiger partial charge < -0.3 is 4.90 Å². The lowest BCUT2D eigenvalue weighted by atomic mass is 10.1. The smallest absolute Gasteiger partial charge is 0.266 e. The zero-order valence-corrected chi connectivity index (χ0v) is 8.91. The number of carbonyl (C=O) groups is 2. The monoisotopic (exact) mass is 202 g/mol. The molecule has 5 nitrogen and oxygen atoms in total. The molecular formula is C9H18N2O3. The summed E-state index contributed by atoms with van der Waals surface area (Å²) in [6.45, 7) is 3.65. The van der Waals surface area contributed by atoms with Crippen molar-refractivity contribution < 1.29 is 14.8 Å². The lowest BCUT2D eigenvalue weighted by Crippen LogP contribution is -2.46. The van der Waals surface area contributed by atoms with Crippen molar-refractivity contribution in [3.63, 3.8) is 0 Å². The Balaban J connectivity index is 4.47. The molecule has 14 heavy (non-hydrogen) atoms. The molecule has 0 rings (SSSR count). The van der Waals surface area contributed by atoms with E-state index in [1.165, 1.54) is 4.90 Å². The number of nitrogens with one attached hydrogen (secondary N) is 1. The van der Waals surface area contributed by atoms with Gasteiger partial charge in [0.2, 0.25) is 5.91 Å². The summed E-state index contributed by atoms with van der Waals surface area (Å²) in [6.07, 6.45) is 1.68. The van der Waals surface area contributed by atoms with Crippen molar-refractivity contribution in [2.24, 2.45) is 0 Å². The number of hydroxylamine groups is 1. The molecule has 0 spiro atoms. The van der Waals surface area contributed by atoms with Crippen molar-refractivity contribution in [1.82, 2.24) is 10.4 Å². The number of carbonyl (C=O) groups excluding carboxylic acids is 2. The van der Waals surface area contributed by atoms with Gasteiger partial charge in [-0.05, 0) is 6.42 Å². The maximum Gasteiger partial charge on any atom is 0.266 e. The molecule has 0 aromatic heterocycles. The van der Waals surface area contributed by atoms with Gasteiger partial charge in [-0.1, -0.05) is 20.3 Å². The van der Waals surface area contributed by atoms with E-state index in [0.717, 1.165) is 6.42 Å². The number of rotatable bonds is 5. The Labute approximate surface area is 84.0 Å². The van der Waals surface area contributed by atoms with Gasteiger partial charge in [0.25, 0.3) is 5.91 Å². The van der Waals surface area contributed by atoms with Crippen LogP contribution in [0.5, 0.6) is 0 Å². The molecule has 0 saturated heterocycles. The third-order valence-electron chi connectivity index (χ3n) is 2.14. The maximum absolute atomic E-state index is 11.3. The fourth-order valence-electron chi connectivity index (χ4n) is 1.27. The highest BCUT2D eigenvalue weighted by Gasteiger charge is 2.24. The van der Waals surface area contributed by atoms with Crippen LogP contribution in [0.2, 0.25) is 0 Å². The van der Waals surface area contributed by atoms with E-state index in [1.54, 1.807) is 19.5 Å². The average Bonchev–Trinajstić information content (AvgIpc) is 2.22. The molecule has 1 atom stereocenters. The quantitative estimate of drug-likeness (QED) is 0.504. The Hall–Kier alpha value is -1.10. The molecule has 0 aliphatic rings. The van der Waals surface area contributed by atoms with E-state index >= 15 is 0 Å². The third kappa shape index (κ3) is 3.33.